The molecule has 2 aromatic rings. The third-order valence-electron chi connectivity index (χ3n) is 2.84. The molecule has 1 amide bonds. The molecule has 0 spiro atoms. The van der Waals surface area contributed by atoms with E-state index in [9.17, 15) is 4.79 Å². The monoisotopic (exact) mass is 321 g/mol. The second-order valence-electron chi connectivity index (χ2n) is 4.41. The van der Waals surface area contributed by atoms with Crippen molar-refractivity contribution < 1.29 is 9.53 Å². The van der Waals surface area contributed by atoms with Crippen LogP contribution in [0.4, 0.5) is 5.69 Å². The summed E-state index contributed by atoms with van der Waals surface area (Å²) in [6.45, 7) is 1.87. The predicted molar refractivity (Wildman–Crippen MR) is 88.4 cm³/mol. The summed E-state index contributed by atoms with van der Waals surface area (Å²) in [5.41, 5.74) is 0.579. The number of nitrogens with one attached hydrogen (secondary N) is 1. The van der Waals surface area contributed by atoms with Crippen molar-refractivity contribution in [1.82, 2.24) is 0 Å². The summed E-state index contributed by atoms with van der Waals surface area (Å²) < 4.78 is 5.22. The summed E-state index contributed by atoms with van der Waals surface area (Å²) >= 11 is 7.46. The van der Waals surface area contributed by atoms with Crippen LogP contribution in [-0.4, -0.2) is 18.3 Å². The van der Waals surface area contributed by atoms with Crippen molar-refractivity contribution in [2.24, 2.45) is 0 Å². The van der Waals surface area contributed by atoms with Crippen LogP contribution in [0.5, 0.6) is 5.75 Å². The molecule has 2 rings (SSSR count). The standard InChI is InChI=1S/C16H16ClNO2S/c1-11(21-13-6-4-3-5-7-13)16(19)18-14-10-12(17)8-9-15(14)20-2/h3-11H,1-2H3,(H,18,19)/t11-/m0/s1. The van der Waals surface area contributed by atoms with E-state index in [1.54, 1.807) is 25.3 Å². The molecule has 21 heavy (non-hydrogen) atoms. The molecule has 0 unspecified atom stereocenters. The Bertz CT molecular complexity index is 619. The Hall–Kier alpha value is -1.65. The number of hydrogen-bond acceptors (Lipinski definition) is 3. The first-order valence-electron chi connectivity index (χ1n) is 6.46. The Kier molecular flexibility index (Phi) is 5.53. The first kappa shape index (κ1) is 15.7. The Morgan fingerprint density at radius 1 is 1.24 bits per heavy atom. The summed E-state index contributed by atoms with van der Waals surface area (Å²) in [5.74, 6) is 0.495. The SMILES string of the molecule is COc1ccc(Cl)cc1NC(=O)[C@H](C)Sc1ccccc1. The van der Waals surface area contributed by atoms with Crippen LogP contribution in [-0.2, 0) is 4.79 Å². The Morgan fingerprint density at radius 2 is 1.95 bits per heavy atom. The fraction of sp³-hybridized carbons (Fsp3) is 0.188. The van der Waals surface area contributed by atoms with Gasteiger partial charge in [-0.3, -0.25) is 4.79 Å². The van der Waals surface area contributed by atoms with Crippen molar-refractivity contribution in [2.45, 2.75) is 17.1 Å². The minimum Gasteiger partial charge on any atom is -0.495 e. The van der Waals surface area contributed by atoms with Crippen molar-refractivity contribution in [1.29, 1.82) is 0 Å². The number of carbonyl (C=O) groups excluding carboxylic acids is 1. The summed E-state index contributed by atoms with van der Waals surface area (Å²) in [6.07, 6.45) is 0. The minimum atomic E-state index is -0.226. The van der Waals surface area contributed by atoms with Gasteiger partial charge in [0.15, 0.2) is 0 Å². The van der Waals surface area contributed by atoms with Crippen molar-refractivity contribution in [3.63, 3.8) is 0 Å². The fourth-order valence-corrected chi connectivity index (χ4v) is 2.83. The van der Waals surface area contributed by atoms with Gasteiger partial charge in [0.05, 0.1) is 18.0 Å². The topological polar surface area (TPSA) is 38.3 Å². The molecule has 0 aliphatic carbocycles. The summed E-state index contributed by atoms with van der Waals surface area (Å²) in [6, 6.07) is 14.9. The molecule has 0 aliphatic heterocycles. The van der Waals surface area contributed by atoms with E-state index in [0.717, 1.165) is 4.90 Å². The molecule has 3 nitrogen and oxygen atoms in total. The van der Waals surface area contributed by atoms with Gasteiger partial charge >= 0.3 is 0 Å². The fourth-order valence-electron chi connectivity index (χ4n) is 1.77. The van der Waals surface area contributed by atoms with Gasteiger partial charge in [-0.05, 0) is 37.3 Å². The first-order chi connectivity index (χ1) is 10.1. The molecule has 1 N–H and O–H groups in total. The maximum absolute atomic E-state index is 12.3. The number of carbonyl (C=O) groups is 1. The second-order valence-corrected chi connectivity index (χ2v) is 6.26. The van der Waals surface area contributed by atoms with E-state index in [2.05, 4.69) is 5.32 Å². The summed E-state index contributed by atoms with van der Waals surface area (Å²) in [5, 5.41) is 3.18. The lowest BCUT2D eigenvalue weighted by molar-refractivity contribution is -0.115. The van der Waals surface area contributed by atoms with Gasteiger partial charge in [-0.15, -0.1) is 11.8 Å². The zero-order valence-corrected chi connectivity index (χ0v) is 13.4. The molecule has 0 saturated carbocycles. The van der Waals surface area contributed by atoms with E-state index in [0.29, 0.717) is 16.5 Å². The molecule has 0 radical (unpaired) electrons. The Labute approximate surface area is 133 Å². The highest BCUT2D eigenvalue weighted by Gasteiger charge is 2.16. The molecule has 0 aliphatic rings. The minimum absolute atomic E-state index is 0.0931. The number of anilines is 1. The lowest BCUT2D eigenvalue weighted by atomic mass is 10.3. The van der Waals surface area contributed by atoms with E-state index >= 15 is 0 Å². The van der Waals surface area contributed by atoms with Gasteiger partial charge in [0, 0.05) is 9.92 Å². The van der Waals surface area contributed by atoms with Crippen molar-refractivity contribution >= 4 is 35.0 Å². The Balaban J connectivity index is 2.05. The number of methoxy groups -OCH3 is 1. The van der Waals surface area contributed by atoms with E-state index in [-0.39, 0.29) is 11.2 Å². The van der Waals surface area contributed by atoms with Crippen molar-refractivity contribution in [3.8, 4) is 5.75 Å². The maximum atomic E-state index is 12.3. The highest BCUT2D eigenvalue weighted by molar-refractivity contribution is 8.00. The number of benzene rings is 2. The van der Waals surface area contributed by atoms with E-state index in [4.69, 9.17) is 16.3 Å². The molecule has 110 valence electrons. The molecule has 0 saturated heterocycles. The lowest BCUT2D eigenvalue weighted by Crippen LogP contribution is -2.22. The number of ether oxygens (including phenoxy) is 1. The molecular formula is C16H16ClNO2S. The number of thioether (sulfide) groups is 1. The molecule has 5 heteroatoms. The van der Waals surface area contributed by atoms with Crippen LogP contribution in [0.3, 0.4) is 0 Å². The predicted octanol–water partition coefficient (Wildman–Crippen LogP) is 4.47. The van der Waals surface area contributed by atoms with Crippen LogP contribution in [0.2, 0.25) is 5.02 Å². The van der Waals surface area contributed by atoms with Crippen LogP contribution in [0, 0.1) is 0 Å². The van der Waals surface area contributed by atoms with Crippen LogP contribution < -0.4 is 10.1 Å². The second kappa shape index (κ2) is 7.38. The average Bonchev–Trinajstić information content (AvgIpc) is 2.48. The van der Waals surface area contributed by atoms with Crippen LogP contribution in [0.1, 0.15) is 6.92 Å². The molecule has 0 aromatic heterocycles. The largest absolute Gasteiger partial charge is 0.495 e. The van der Waals surface area contributed by atoms with Crippen molar-refractivity contribution in [3.05, 3.63) is 53.6 Å². The number of rotatable bonds is 5. The van der Waals surface area contributed by atoms with Gasteiger partial charge in [0.1, 0.15) is 5.75 Å². The number of hydrogen-bond donors (Lipinski definition) is 1. The van der Waals surface area contributed by atoms with E-state index in [1.165, 1.54) is 11.8 Å². The van der Waals surface area contributed by atoms with Gasteiger partial charge in [0.25, 0.3) is 0 Å². The normalized spacial score (nSPS) is 11.8. The van der Waals surface area contributed by atoms with Crippen LogP contribution >= 0.6 is 23.4 Å². The van der Waals surface area contributed by atoms with Gasteiger partial charge in [-0.1, -0.05) is 29.8 Å². The molecule has 0 bridgehead atoms. The third-order valence-corrected chi connectivity index (χ3v) is 4.19. The van der Waals surface area contributed by atoms with Crippen molar-refractivity contribution in [2.75, 3.05) is 12.4 Å². The molecule has 0 fully saturated rings. The average molecular weight is 322 g/mol. The van der Waals surface area contributed by atoms with Gasteiger partial charge in [-0.2, -0.15) is 0 Å². The van der Waals surface area contributed by atoms with E-state index in [1.807, 2.05) is 37.3 Å². The van der Waals surface area contributed by atoms with E-state index < -0.39 is 0 Å². The van der Waals surface area contributed by atoms with Gasteiger partial charge < -0.3 is 10.1 Å². The maximum Gasteiger partial charge on any atom is 0.237 e. The van der Waals surface area contributed by atoms with Gasteiger partial charge in [-0.25, -0.2) is 0 Å². The molecule has 0 heterocycles. The summed E-state index contributed by atoms with van der Waals surface area (Å²) in [7, 11) is 1.56. The smallest absolute Gasteiger partial charge is 0.237 e. The quantitative estimate of drug-likeness (QED) is 0.826. The van der Waals surface area contributed by atoms with Gasteiger partial charge in [0.2, 0.25) is 5.91 Å². The zero-order valence-electron chi connectivity index (χ0n) is 11.8. The first-order valence-corrected chi connectivity index (χ1v) is 7.72. The summed E-state index contributed by atoms with van der Waals surface area (Å²) in [4.78, 5) is 13.3. The lowest BCUT2D eigenvalue weighted by Gasteiger charge is -2.14. The Morgan fingerprint density at radius 3 is 2.62 bits per heavy atom. The number of halogens is 1. The highest BCUT2D eigenvalue weighted by atomic mass is 35.5. The molecule has 1 atom stereocenters. The molecular weight excluding hydrogens is 306 g/mol. The zero-order chi connectivity index (χ0) is 15.2. The third kappa shape index (κ3) is 4.41. The molecule has 2 aromatic carbocycles. The van der Waals surface area contributed by atoms with Crippen LogP contribution in [0.15, 0.2) is 53.4 Å². The number of amides is 1. The highest BCUT2D eigenvalue weighted by Crippen LogP contribution is 2.29. The van der Waals surface area contributed by atoms with Crippen LogP contribution in [0.25, 0.3) is 0 Å².